The largest absolute Gasteiger partial charge is 0.490 e. The van der Waals surface area contributed by atoms with Crippen LogP contribution in [0.25, 0.3) is 11.3 Å². The molecule has 2 aromatic heterocycles. The van der Waals surface area contributed by atoms with Crippen molar-refractivity contribution in [2.75, 3.05) is 6.54 Å². The average molecular weight is 396 g/mol. The summed E-state index contributed by atoms with van der Waals surface area (Å²) in [6.07, 6.45) is 0.415. The third-order valence-corrected chi connectivity index (χ3v) is 3.74. The summed E-state index contributed by atoms with van der Waals surface area (Å²) in [4.78, 5) is 12.6. The van der Waals surface area contributed by atoms with E-state index >= 15 is 0 Å². The van der Waals surface area contributed by atoms with Crippen LogP contribution in [0.15, 0.2) is 18.5 Å². The molecule has 0 amide bonds. The summed E-state index contributed by atoms with van der Waals surface area (Å²) in [5.41, 5.74) is 0.797. The predicted molar refractivity (Wildman–Crippen MR) is 82.9 cm³/mol. The first-order valence-electron chi connectivity index (χ1n) is 7.42. The second kappa shape index (κ2) is 8.41. The smallest absolute Gasteiger partial charge is 0.475 e. The fourth-order valence-corrected chi connectivity index (χ4v) is 2.42. The van der Waals surface area contributed by atoms with Crippen LogP contribution < -0.4 is 5.32 Å². The Labute approximate surface area is 150 Å². The van der Waals surface area contributed by atoms with E-state index in [2.05, 4.69) is 20.6 Å². The molecule has 2 aromatic rings. The first kappa shape index (κ1) is 20.0. The Morgan fingerprint density at radius 2 is 2.15 bits per heavy atom. The highest BCUT2D eigenvalue weighted by Gasteiger charge is 2.38. The molecule has 0 radical (unpaired) electrons. The van der Waals surface area contributed by atoms with E-state index in [1.165, 1.54) is 12.6 Å². The summed E-state index contributed by atoms with van der Waals surface area (Å²) in [6.45, 7) is 1.79. The standard InChI is InChI=1S/C12H13ClFN5.C2HF3O2/c13-12-11(14)9(3-5-16-12)10-7-19(18-17-10)6-8-2-1-4-15-8;3-2(4,5)1(6)7/h3,5,7-8,15H,1-2,4,6H2;(H,6,7)/t8-;/m0./s1. The zero-order valence-electron chi connectivity index (χ0n) is 13.2. The van der Waals surface area contributed by atoms with Crippen molar-refractivity contribution < 1.29 is 27.5 Å². The van der Waals surface area contributed by atoms with Crippen LogP contribution in [0.3, 0.4) is 0 Å². The van der Waals surface area contributed by atoms with Gasteiger partial charge in [0.2, 0.25) is 0 Å². The van der Waals surface area contributed by atoms with Gasteiger partial charge < -0.3 is 10.4 Å². The average Bonchev–Trinajstić information content (AvgIpc) is 3.22. The molecule has 1 fully saturated rings. The van der Waals surface area contributed by atoms with Crippen LogP contribution >= 0.6 is 11.6 Å². The van der Waals surface area contributed by atoms with Gasteiger partial charge in [0.25, 0.3) is 0 Å². The molecule has 1 saturated heterocycles. The molecule has 0 bridgehead atoms. The number of pyridine rings is 1. The van der Waals surface area contributed by atoms with Gasteiger partial charge in [-0.3, -0.25) is 4.68 Å². The van der Waals surface area contributed by atoms with Crippen LogP contribution in [0, 0.1) is 5.82 Å². The summed E-state index contributed by atoms with van der Waals surface area (Å²) in [6, 6.07) is 1.96. The summed E-state index contributed by atoms with van der Waals surface area (Å²) < 4.78 is 47.3. The van der Waals surface area contributed by atoms with Crippen LogP contribution in [0.2, 0.25) is 5.15 Å². The van der Waals surface area contributed by atoms with Crippen molar-refractivity contribution >= 4 is 17.6 Å². The molecular weight excluding hydrogens is 382 g/mol. The Balaban J connectivity index is 0.000000298. The van der Waals surface area contributed by atoms with E-state index in [9.17, 15) is 17.6 Å². The molecular formula is C14H14ClF4N5O2. The highest BCUT2D eigenvalue weighted by Crippen LogP contribution is 2.24. The lowest BCUT2D eigenvalue weighted by atomic mass is 10.2. The number of carboxylic acids is 1. The second-order valence-corrected chi connectivity index (χ2v) is 5.74. The molecule has 1 aliphatic heterocycles. The van der Waals surface area contributed by atoms with Gasteiger partial charge in [0.1, 0.15) is 5.69 Å². The molecule has 0 spiro atoms. The van der Waals surface area contributed by atoms with Gasteiger partial charge >= 0.3 is 12.1 Å². The van der Waals surface area contributed by atoms with E-state index in [-0.39, 0.29) is 5.15 Å². The number of alkyl halides is 3. The Kier molecular flexibility index (Phi) is 6.48. The maximum atomic E-state index is 13.8. The number of carboxylic acid groups (broad SMARTS) is 1. The van der Waals surface area contributed by atoms with Crippen molar-refractivity contribution in [1.29, 1.82) is 0 Å². The Bertz CT molecular complexity index is 762. The Morgan fingerprint density at radius 3 is 2.73 bits per heavy atom. The highest BCUT2D eigenvalue weighted by molar-refractivity contribution is 6.29. The van der Waals surface area contributed by atoms with Crippen molar-refractivity contribution in [2.45, 2.75) is 31.6 Å². The van der Waals surface area contributed by atoms with E-state index in [1.807, 2.05) is 0 Å². The van der Waals surface area contributed by atoms with Crippen LogP contribution in [0.5, 0.6) is 0 Å². The summed E-state index contributed by atoms with van der Waals surface area (Å²) in [5, 5.41) is 18.4. The quantitative estimate of drug-likeness (QED) is 0.613. The van der Waals surface area contributed by atoms with Gasteiger partial charge in [-0.25, -0.2) is 14.2 Å². The van der Waals surface area contributed by atoms with Crippen LogP contribution in [-0.2, 0) is 11.3 Å². The molecule has 2 N–H and O–H groups in total. The van der Waals surface area contributed by atoms with E-state index < -0.39 is 18.0 Å². The molecule has 0 aliphatic carbocycles. The van der Waals surface area contributed by atoms with Crippen molar-refractivity contribution in [3.63, 3.8) is 0 Å². The predicted octanol–water partition coefficient (Wildman–Crippen LogP) is 2.52. The zero-order valence-corrected chi connectivity index (χ0v) is 13.9. The van der Waals surface area contributed by atoms with Crippen molar-refractivity contribution in [3.05, 3.63) is 29.4 Å². The molecule has 0 aromatic carbocycles. The fourth-order valence-electron chi connectivity index (χ4n) is 2.27. The van der Waals surface area contributed by atoms with Gasteiger partial charge in [-0.15, -0.1) is 5.10 Å². The number of nitrogens with one attached hydrogen (secondary N) is 1. The number of nitrogens with zero attached hydrogens (tertiary/aromatic N) is 4. The molecule has 7 nitrogen and oxygen atoms in total. The van der Waals surface area contributed by atoms with Crippen LogP contribution in [0.4, 0.5) is 17.6 Å². The number of hydrogen-bond acceptors (Lipinski definition) is 5. The first-order valence-corrected chi connectivity index (χ1v) is 7.80. The minimum atomic E-state index is -5.08. The van der Waals surface area contributed by atoms with Gasteiger partial charge in [-0.2, -0.15) is 13.2 Å². The highest BCUT2D eigenvalue weighted by atomic mass is 35.5. The molecule has 1 atom stereocenters. The normalized spacial score (nSPS) is 16.9. The summed E-state index contributed by atoms with van der Waals surface area (Å²) >= 11 is 5.66. The van der Waals surface area contributed by atoms with Crippen molar-refractivity contribution in [3.8, 4) is 11.3 Å². The number of halogens is 5. The first-order chi connectivity index (χ1) is 12.2. The van der Waals surface area contributed by atoms with Gasteiger partial charge in [0.05, 0.1) is 12.7 Å². The lowest BCUT2D eigenvalue weighted by Gasteiger charge is -2.08. The molecule has 0 saturated carbocycles. The molecule has 1 aliphatic rings. The number of hydrogen-bond donors (Lipinski definition) is 2. The third-order valence-electron chi connectivity index (χ3n) is 3.47. The summed E-state index contributed by atoms with van der Waals surface area (Å²) in [7, 11) is 0. The molecule has 26 heavy (non-hydrogen) atoms. The number of aliphatic carboxylic acids is 1. The summed E-state index contributed by atoms with van der Waals surface area (Å²) in [5.74, 6) is -3.32. The Hall–Kier alpha value is -2.27. The van der Waals surface area contributed by atoms with Crippen LogP contribution in [0.1, 0.15) is 12.8 Å². The fraction of sp³-hybridized carbons (Fsp3) is 0.429. The van der Waals surface area contributed by atoms with Gasteiger partial charge in [0, 0.05) is 17.8 Å². The van der Waals surface area contributed by atoms with Crippen molar-refractivity contribution in [2.24, 2.45) is 0 Å². The Morgan fingerprint density at radius 1 is 1.46 bits per heavy atom. The van der Waals surface area contributed by atoms with E-state index in [4.69, 9.17) is 21.5 Å². The zero-order chi connectivity index (χ0) is 19.3. The molecule has 3 heterocycles. The number of rotatable bonds is 3. The number of carbonyl (C=O) groups is 1. The third kappa shape index (κ3) is 5.36. The molecule has 0 unspecified atom stereocenters. The molecule has 12 heteroatoms. The maximum Gasteiger partial charge on any atom is 0.490 e. The van der Waals surface area contributed by atoms with Gasteiger partial charge in [0.15, 0.2) is 11.0 Å². The minimum Gasteiger partial charge on any atom is -0.475 e. The molecule has 142 valence electrons. The lowest BCUT2D eigenvalue weighted by molar-refractivity contribution is -0.192. The maximum absolute atomic E-state index is 13.8. The topological polar surface area (TPSA) is 92.9 Å². The van der Waals surface area contributed by atoms with Gasteiger partial charge in [-0.05, 0) is 25.5 Å². The second-order valence-electron chi connectivity index (χ2n) is 5.39. The van der Waals surface area contributed by atoms with Gasteiger partial charge in [-0.1, -0.05) is 16.8 Å². The van der Waals surface area contributed by atoms with Crippen LogP contribution in [-0.4, -0.2) is 49.8 Å². The number of aromatic nitrogens is 4. The van der Waals surface area contributed by atoms with E-state index in [1.54, 1.807) is 16.9 Å². The SMILES string of the molecule is Fc1c(-c2cn(C[C@@H]3CCCN3)nn2)ccnc1Cl.O=C(O)C(F)(F)F. The lowest BCUT2D eigenvalue weighted by Crippen LogP contribution is -2.26. The minimum absolute atomic E-state index is 0.149. The van der Waals surface area contributed by atoms with E-state index in [0.717, 1.165) is 19.5 Å². The van der Waals surface area contributed by atoms with E-state index in [0.29, 0.717) is 17.3 Å². The van der Waals surface area contributed by atoms with Crippen molar-refractivity contribution in [1.82, 2.24) is 25.3 Å². The monoisotopic (exact) mass is 395 g/mol. The molecule has 3 rings (SSSR count).